The lowest BCUT2D eigenvalue weighted by atomic mass is 9.75. The molecule has 354 valence electrons. The summed E-state index contributed by atoms with van der Waals surface area (Å²) in [4.78, 5) is 34.7. The summed E-state index contributed by atoms with van der Waals surface area (Å²) in [6.45, 7) is 16.3. The molecule has 0 fully saturated rings. The summed E-state index contributed by atoms with van der Waals surface area (Å²) >= 11 is 0. The van der Waals surface area contributed by atoms with E-state index in [0.29, 0.717) is 84.8 Å². The van der Waals surface area contributed by atoms with Gasteiger partial charge in [0, 0.05) is 138 Å². The van der Waals surface area contributed by atoms with Crippen molar-refractivity contribution in [3.63, 3.8) is 0 Å². The Kier molecular flexibility index (Phi) is 20.1. The third-order valence-corrected chi connectivity index (χ3v) is 17.1. The lowest BCUT2D eigenvalue weighted by molar-refractivity contribution is 0.0708. The number of nitrogens with zero attached hydrogens (tertiary/aromatic N) is 4. The van der Waals surface area contributed by atoms with Crippen molar-refractivity contribution in [2.45, 2.75) is 78.3 Å². The molecule has 2 heterocycles. The normalized spacial score (nSPS) is 13.9. The minimum absolute atomic E-state index is 0.0866. The van der Waals surface area contributed by atoms with E-state index in [0.717, 1.165) is 70.7 Å². The molecular weight excluding hydrogens is 849 g/mol. The molecule has 5 rings (SSSR count). The van der Waals surface area contributed by atoms with Crippen LogP contribution in [0.5, 0.6) is 11.5 Å². The topological polar surface area (TPSA) is 136 Å². The number of urea groups is 2. The zero-order valence-electron chi connectivity index (χ0n) is 39.8. The summed E-state index contributed by atoms with van der Waals surface area (Å²) in [6, 6.07) is 20.3. The van der Waals surface area contributed by atoms with Crippen molar-refractivity contribution in [3.8, 4) is 11.5 Å². The number of carbonyl (C=O) groups excluding carboxylic acids is 2. The number of carbonyl (C=O) groups is 2. The first kappa shape index (κ1) is 50.6. The van der Waals surface area contributed by atoms with Crippen LogP contribution in [0.1, 0.15) is 82.9 Å². The molecule has 4 amide bonds. The van der Waals surface area contributed by atoms with Crippen molar-refractivity contribution < 1.29 is 41.2 Å². The minimum atomic E-state index is -2.78. The second-order valence-corrected chi connectivity index (χ2v) is 20.6. The quantitative estimate of drug-likeness (QED) is 0.0543. The van der Waals surface area contributed by atoms with Gasteiger partial charge < -0.3 is 61.8 Å². The SMILES string of the molecule is CCO[SiH](CCCNC(=O)N(C)CCCN1c2cccc(OC)c2C2c3c(OC)cccc3N(CCCN(C)C(=O)NCCC[Si](OCC)(OCC)OCC)c3cccc1c32)OCC. The van der Waals surface area contributed by atoms with Crippen LogP contribution in [0, 0.1) is 0 Å². The molecule has 0 bridgehead atoms. The van der Waals surface area contributed by atoms with E-state index in [1.807, 2.05) is 73.0 Å². The van der Waals surface area contributed by atoms with Gasteiger partial charge in [-0.1, -0.05) is 18.2 Å². The molecule has 2 aliphatic heterocycles. The molecule has 3 aromatic carbocycles. The molecular formula is C47H74N6O9Si2. The number of hydrogen-bond acceptors (Lipinski definition) is 11. The van der Waals surface area contributed by atoms with E-state index in [9.17, 15) is 9.59 Å². The molecule has 0 spiro atoms. The van der Waals surface area contributed by atoms with Crippen LogP contribution < -0.4 is 29.9 Å². The Bertz CT molecular complexity index is 1920. The second-order valence-electron chi connectivity index (χ2n) is 15.8. The van der Waals surface area contributed by atoms with Crippen LogP contribution in [-0.4, -0.2) is 141 Å². The molecule has 0 saturated heterocycles. The zero-order chi connectivity index (χ0) is 46.1. The summed E-state index contributed by atoms with van der Waals surface area (Å²) in [5, 5.41) is 6.17. The molecule has 0 saturated carbocycles. The Morgan fingerprint density at radius 1 is 0.609 bits per heavy atom. The summed E-state index contributed by atoms with van der Waals surface area (Å²) in [5.74, 6) is 1.46. The average molecular weight is 923 g/mol. The van der Waals surface area contributed by atoms with Crippen molar-refractivity contribution in [1.29, 1.82) is 0 Å². The van der Waals surface area contributed by atoms with E-state index in [2.05, 4.69) is 50.8 Å². The molecule has 15 nitrogen and oxygen atoms in total. The van der Waals surface area contributed by atoms with E-state index < -0.39 is 18.1 Å². The van der Waals surface area contributed by atoms with Gasteiger partial charge in [0.1, 0.15) is 11.5 Å². The molecule has 0 radical (unpaired) electrons. The highest BCUT2D eigenvalue weighted by Gasteiger charge is 2.43. The molecule has 2 aliphatic rings. The molecule has 2 N–H and O–H groups in total. The maximum Gasteiger partial charge on any atom is 0.500 e. The summed E-state index contributed by atoms with van der Waals surface area (Å²) in [5.41, 5.74) is 7.71. The first-order valence-electron chi connectivity index (χ1n) is 23.3. The molecule has 1 unspecified atom stereocenters. The highest BCUT2D eigenvalue weighted by molar-refractivity contribution is 6.60. The van der Waals surface area contributed by atoms with Crippen LogP contribution in [0.25, 0.3) is 0 Å². The number of benzene rings is 3. The fourth-order valence-corrected chi connectivity index (χ4v) is 13.2. The summed E-state index contributed by atoms with van der Waals surface area (Å²) in [6.07, 6.45) is 2.99. The Balaban J connectivity index is 1.31. The first-order chi connectivity index (χ1) is 31.1. The predicted octanol–water partition coefficient (Wildman–Crippen LogP) is 7.97. The molecule has 1 atom stereocenters. The maximum absolute atomic E-state index is 13.3. The first-order valence-corrected chi connectivity index (χ1v) is 27.0. The zero-order valence-corrected chi connectivity index (χ0v) is 42.0. The van der Waals surface area contributed by atoms with Crippen LogP contribution in [-0.2, 0) is 22.1 Å². The molecule has 17 heteroatoms. The Hall–Kier alpha value is -4.37. The van der Waals surface area contributed by atoms with Gasteiger partial charge in [-0.05, 0) is 103 Å². The average Bonchev–Trinajstić information content (AvgIpc) is 3.30. The largest absolute Gasteiger partial charge is 0.500 e. The fraction of sp³-hybridized carbons (Fsp3) is 0.574. The highest BCUT2D eigenvalue weighted by atomic mass is 28.4. The predicted molar refractivity (Wildman–Crippen MR) is 259 cm³/mol. The van der Waals surface area contributed by atoms with E-state index in [-0.39, 0.29) is 18.0 Å². The highest BCUT2D eigenvalue weighted by Crippen LogP contribution is 2.60. The third-order valence-electron chi connectivity index (χ3n) is 11.7. The van der Waals surface area contributed by atoms with Gasteiger partial charge in [0.15, 0.2) is 0 Å². The van der Waals surface area contributed by atoms with Crippen LogP contribution >= 0.6 is 0 Å². The number of anilines is 4. The lowest BCUT2D eigenvalue weighted by Gasteiger charge is -2.45. The van der Waals surface area contributed by atoms with Crippen LogP contribution in [0.2, 0.25) is 12.1 Å². The van der Waals surface area contributed by atoms with Crippen LogP contribution in [0.15, 0.2) is 54.6 Å². The monoisotopic (exact) mass is 923 g/mol. The standard InChI is InChI=1S/C47H74N6O9Si2/c1-10-58-63(59-11-2)34-18-28-48-46(54)50(6)30-20-32-52-36-22-15-23-37-42(36)45(43-38(52)24-16-26-40(43)56-8)44-39(25-17-27-41(44)57-9)53(37)33-21-31-51(7)47(55)49-29-19-35-64(60-12-3,61-13-4)62-14-5/h15-17,22-27,45,63H,10-14,18-21,28-35H2,1-9H3,(H,48,54)(H,49,55). The molecule has 0 aromatic heterocycles. The number of methoxy groups -OCH3 is 2. The van der Waals surface area contributed by atoms with Gasteiger partial charge in [-0.2, -0.15) is 0 Å². The number of rotatable bonds is 28. The fourth-order valence-electron chi connectivity index (χ4n) is 8.91. The van der Waals surface area contributed by atoms with Crippen molar-refractivity contribution in [2.75, 3.05) is 110 Å². The van der Waals surface area contributed by atoms with E-state index in [1.54, 1.807) is 24.0 Å². The van der Waals surface area contributed by atoms with Crippen molar-refractivity contribution in [1.82, 2.24) is 20.4 Å². The van der Waals surface area contributed by atoms with Gasteiger partial charge in [-0.15, -0.1) is 0 Å². The maximum atomic E-state index is 13.3. The van der Waals surface area contributed by atoms with Gasteiger partial charge in [0.25, 0.3) is 0 Å². The minimum Gasteiger partial charge on any atom is -0.496 e. The number of nitrogens with one attached hydrogen (secondary N) is 2. The van der Waals surface area contributed by atoms with Gasteiger partial charge >= 0.3 is 30.2 Å². The Morgan fingerprint density at radius 2 is 1.03 bits per heavy atom. The third kappa shape index (κ3) is 12.3. The Labute approximate surface area is 384 Å². The molecule has 3 aromatic rings. The van der Waals surface area contributed by atoms with Crippen LogP contribution in [0.4, 0.5) is 32.3 Å². The molecule has 64 heavy (non-hydrogen) atoms. The van der Waals surface area contributed by atoms with Crippen molar-refractivity contribution >= 4 is 52.9 Å². The van der Waals surface area contributed by atoms with Gasteiger partial charge in [0.05, 0.1) is 14.2 Å². The van der Waals surface area contributed by atoms with Crippen LogP contribution in [0.3, 0.4) is 0 Å². The number of fused-ring (bicyclic) bond motifs is 4. The summed E-state index contributed by atoms with van der Waals surface area (Å²) in [7, 11) is 2.68. The van der Waals surface area contributed by atoms with Crippen molar-refractivity contribution in [3.05, 3.63) is 71.3 Å². The van der Waals surface area contributed by atoms with Gasteiger partial charge in [0.2, 0.25) is 0 Å². The van der Waals surface area contributed by atoms with Gasteiger partial charge in [-0.25, -0.2) is 9.59 Å². The van der Waals surface area contributed by atoms with Crippen molar-refractivity contribution in [2.24, 2.45) is 0 Å². The smallest absolute Gasteiger partial charge is 0.496 e. The number of amides is 4. The second kappa shape index (κ2) is 25.4. The molecule has 0 aliphatic carbocycles. The van der Waals surface area contributed by atoms with E-state index in [4.69, 9.17) is 31.6 Å². The van der Waals surface area contributed by atoms with Gasteiger partial charge in [-0.3, -0.25) is 0 Å². The number of hydrogen-bond donors (Lipinski definition) is 2. The Morgan fingerprint density at radius 3 is 1.45 bits per heavy atom. The van der Waals surface area contributed by atoms with E-state index in [1.165, 1.54) is 5.56 Å². The number of ether oxygens (including phenoxy) is 2. The summed E-state index contributed by atoms with van der Waals surface area (Å²) < 4.78 is 41.8. The lowest BCUT2D eigenvalue weighted by Crippen LogP contribution is -2.46. The van der Waals surface area contributed by atoms with E-state index >= 15 is 0 Å².